The number of benzene rings is 1. The molecule has 1 aliphatic carbocycles. The van der Waals surface area contributed by atoms with Crippen LogP contribution in [0.25, 0.3) is 0 Å². The van der Waals surface area contributed by atoms with E-state index < -0.39 is 0 Å². The zero-order chi connectivity index (χ0) is 20.0. The van der Waals surface area contributed by atoms with E-state index in [1.54, 1.807) is 0 Å². The standard InChI is InChI=1S/C23H37N3O/c1-18-15-19(2)22(20(3)16-18)17-25(13-10-14-26(4,5)6)23(27)24-21-11-8-7-9-12-21/h7-9,11-12,15,19-20,22H,10,13-14,16-17H2,1-6H3/p+1/t19-,20+,22+/m0/s1. The summed E-state index contributed by atoms with van der Waals surface area (Å²) in [7, 11) is 6.60. The van der Waals surface area contributed by atoms with Gasteiger partial charge >= 0.3 is 6.03 Å². The number of urea groups is 1. The number of amides is 2. The van der Waals surface area contributed by atoms with Crippen LogP contribution in [-0.4, -0.2) is 56.2 Å². The van der Waals surface area contributed by atoms with E-state index in [9.17, 15) is 4.79 Å². The first-order chi connectivity index (χ1) is 12.7. The normalized spacial score (nSPS) is 22.9. The lowest BCUT2D eigenvalue weighted by atomic mass is 9.75. The van der Waals surface area contributed by atoms with Gasteiger partial charge < -0.3 is 14.7 Å². The van der Waals surface area contributed by atoms with Gasteiger partial charge in [-0.25, -0.2) is 4.79 Å². The molecule has 0 saturated carbocycles. The van der Waals surface area contributed by atoms with Crippen molar-refractivity contribution in [2.24, 2.45) is 17.8 Å². The molecular formula is C23H38N3O+. The number of carbonyl (C=O) groups is 1. The summed E-state index contributed by atoms with van der Waals surface area (Å²) in [5.41, 5.74) is 2.34. The Morgan fingerprint density at radius 3 is 2.44 bits per heavy atom. The van der Waals surface area contributed by atoms with Crippen LogP contribution in [0.3, 0.4) is 0 Å². The molecule has 1 N–H and O–H groups in total. The summed E-state index contributed by atoms with van der Waals surface area (Å²) in [6.07, 6.45) is 4.54. The minimum Gasteiger partial charge on any atom is -0.331 e. The van der Waals surface area contributed by atoms with Crippen LogP contribution in [0.15, 0.2) is 42.0 Å². The number of anilines is 1. The summed E-state index contributed by atoms with van der Waals surface area (Å²) in [5, 5.41) is 3.08. The highest BCUT2D eigenvalue weighted by atomic mass is 16.2. The molecule has 0 spiro atoms. The molecule has 0 fully saturated rings. The second kappa shape index (κ2) is 9.41. The highest BCUT2D eigenvalue weighted by molar-refractivity contribution is 5.89. The van der Waals surface area contributed by atoms with Crippen molar-refractivity contribution in [3.63, 3.8) is 0 Å². The van der Waals surface area contributed by atoms with Crippen LogP contribution in [0.2, 0.25) is 0 Å². The van der Waals surface area contributed by atoms with Crippen molar-refractivity contribution < 1.29 is 9.28 Å². The third kappa shape index (κ3) is 7.02. The van der Waals surface area contributed by atoms with Crippen LogP contribution in [0.1, 0.15) is 33.6 Å². The third-order valence-electron chi connectivity index (χ3n) is 5.60. The number of rotatable bonds is 7. The van der Waals surface area contributed by atoms with Crippen molar-refractivity contribution in [2.45, 2.75) is 33.6 Å². The van der Waals surface area contributed by atoms with E-state index in [0.717, 1.165) is 42.6 Å². The first-order valence-corrected chi connectivity index (χ1v) is 10.2. The number of nitrogens with zero attached hydrogens (tertiary/aromatic N) is 2. The van der Waals surface area contributed by atoms with E-state index in [2.05, 4.69) is 53.3 Å². The lowest BCUT2D eigenvalue weighted by molar-refractivity contribution is -0.870. The summed E-state index contributed by atoms with van der Waals surface area (Å²) >= 11 is 0. The maximum atomic E-state index is 13.0. The summed E-state index contributed by atoms with van der Waals surface area (Å²) in [5.74, 6) is 1.63. The molecule has 0 bridgehead atoms. The van der Waals surface area contributed by atoms with Crippen molar-refractivity contribution in [2.75, 3.05) is 46.1 Å². The smallest absolute Gasteiger partial charge is 0.321 e. The van der Waals surface area contributed by atoms with Gasteiger partial charge in [-0.05, 0) is 43.2 Å². The minimum atomic E-state index is 0.0216. The number of quaternary nitrogens is 1. The molecule has 4 nitrogen and oxygen atoms in total. The fourth-order valence-corrected chi connectivity index (χ4v) is 4.15. The molecule has 0 aliphatic heterocycles. The molecule has 0 aromatic heterocycles. The van der Waals surface area contributed by atoms with Crippen molar-refractivity contribution in [3.05, 3.63) is 42.0 Å². The quantitative estimate of drug-likeness (QED) is 0.538. The SMILES string of the molecule is CC1=C[C@H](C)[C@@H](CN(CCC[N+](C)(C)C)C(=O)Nc2ccccc2)[C@H](C)C1. The molecule has 2 amide bonds. The average molecular weight is 373 g/mol. The molecule has 2 rings (SSSR count). The van der Waals surface area contributed by atoms with Gasteiger partial charge in [0.05, 0.1) is 27.7 Å². The Bertz CT molecular complexity index is 633. The van der Waals surface area contributed by atoms with Crippen LogP contribution in [0.5, 0.6) is 0 Å². The van der Waals surface area contributed by atoms with Gasteiger partial charge in [0.1, 0.15) is 0 Å². The third-order valence-corrected chi connectivity index (χ3v) is 5.60. The molecule has 150 valence electrons. The predicted molar refractivity (Wildman–Crippen MR) is 115 cm³/mol. The zero-order valence-corrected chi connectivity index (χ0v) is 18.0. The molecule has 4 heteroatoms. The maximum Gasteiger partial charge on any atom is 0.321 e. The number of para-hydroxylation sites is 1. The second-order valence-electron chi connectivity index (χ2n) is 9.33. The molecule has 1 aromatic rings. The van der Waals surface area contributed by atoms with E-state index >= 15 is 0 Å². The zero-order valence-electron chi connectivity index (χ0n) is 18.0. The number of hydrogen-bond acceptors (Lipinski definition) is 1. The number of nitrogens with one attached hydrogen (secondary N) is 1. The van der Waals surface area contributed by atoms with E-state index in [4.69, 9.17) is 0 Å². The van der Waals surface area contributed by atoms with E-state index in [1.807, 2.05) is 35.2 Å². The number of hydrogen-bond donors (Lipinski definition) is 1. The van der Waals surface area contributed by atoms with Gasteiger partial charge in [0.15, 0.2) is 0 Å². The van der Waals surface area contributed by atoms with E-state index in [1.165, 1.54) is 5.57 Å². The van der Waals surface area contributed by atoms with E-state index in [-0.39, 0.29) is 6.03 Å². The van der Waals surface area contributed by atoms with Gasteiger partial charge in [0.25, 0.3) is 0 Å². The summed E-state index contributed by atoms with van der Waals surface area (Å²) in [4.78, 5) is 15.1. The lowest BCUT2D eigenvalue weighted by Crippen LogP contribution is -2.44. The summed E-state index contributed by atoms with van der Waals surface area (Å²) < 4.78 is 0.923. The Balaban J connectivity index is 2.07. The fourth-order valence-electron chi connectivity index (χ4n) is 4.15. The van der Waals surface area contributed by atoms with Crippen molar-refractivity contribution >= 4 is 11.7 Å². The summed E-state index contributed by atoms with van der Waals surface area (Å²) in [6.45, 7) is 9.53. The van der Waals surface area contributed by atoms with E-state index in [0.29, 0.717) is 17.8 Å². The first-order valence-electron chi connectivity index (χ1n) is 10.2. The molecule has 3 atom stereocenters. The van der Waals surface area contributed by atoms with Gasteiger partial charge in [-0.1, -0.05) is 43.7 Å². The average Bonchev–Trinajstić information content (AvgIpc) is 2.56. The molecule has 0 radical (unpaired) electrons. The predicted octanol–water partition coefficient (Wildman–Crippen LogP) is 4.86. The monoisotopic (exact) mass is 372 g/mol. The Labute approximate surface area is 165 Å². The molecule has 1 aromatic carbocycles. The van der Waals surface area contributed by atoms with Gasteiger partial charge in [-0.15, -0.1) is 0 Å². The summed E-state index contributed by atoms with van der Waals surface area (Å²) in [6, 6.07) is 9.79. The molecule has 1 aliphatic rings. The molecule has 0 unspecified atom stereocenters. The highest BCUT2D eigenvalue weighted by Crippen LogP contribution is 2.34. The number of allylic oxidation sites excluding steroid dienone is 2. The van der Waals surface area contributed by atoms with Crippen LogP contribution in [0, 0.1) is 17.8 Å². The van der Waals surface area contributed by atoms with Gasteiger partial charge in [-0.2, -0.15) is 0 Å². The van der Waals surface area contributed by atoms with Crippen LogP contribution in [0.4, 0.5) is 10.5 Å². The van der Waals surface area contributed by atoms with Crippen LogP contribution >= 0.6 is 0 Å². The van der Waals surface area contributed by atoms with Gasteiger partial charge in [0, 0.05) is 25.2 Å². The van der Waals surface area contributed by atoms with Crippen molar-refractivity contribution in [1.29, 1.82) is 0 Å². The topological polar surface area (TPSA) is 32.3 Å². The maximum absolute atomic E-state index is 13.0. The van der Waals surface area contributed by atoms with Crippen molar-refractivity contribution in [3.8, 4) is 0 Å². The number of carbonyl (C=O) groups excluding carboxylic acids is 1. The fraction of sp³-hybridized carbons (Fsp3) is 0.609. The lowest BCUT2D eigenvalue weighted by Gasteiger charge is -2.37. The molecule has 27 heavy (non-hydrogen) atoms. The Kier molecular flexibility index (Phi) is 7.49. The highest BCUT2D eigenvalue weighted by Gasteiger charge is 2.30. The Morgan fingerprint density at radius 1 is 1.19 bits per heavy atom. The molecule has 0 saturated heterocycles. The Hall–Kier alpha value is -1.81. The largest absolute Gasteiger partial charge is 0.331 e. The minimum absolute atomic E-state index is 0.0216. The van der Waals surface area contributed by atoms with Gasteiger partial charge in [-0.3, -0.25) is 0 Å². The van der Waals surface area contributed by atoms with Crippen molar-refractivity contribution in [1.82, 2.24) is 4.90 Å². The van der Waals surface area contributed by atoms with Crippen LogP contribution < -0.4 is 5.32 Å². The van der Waals surface area contributed by atoms with Gasteiger partial charge in [0.2, 0.25) is 0 Å². The Morgan fingerprint density at radius 2 is 1.85 bits per heavy atom. The van der Waals surface area contributed by atoms with Crippen LogP contribution in [-0.2, 0) is 0 Å². The molecular weight excluding hydrogens is 334 g/mol. The first kappa shape index (κ1) is 21.5. The molecule has 0 heterocycles. The second-order valence-corrected chi connectivity index (χ2v) is 9.33.